The second-order valence-electron chi connectivity index (χ2n) is 9.79. The van der Waals surface area contributed by atoms with Crippen LogP contribution in [-0.4, -0.2) is 17.7 Å². The van der Waals surface area contributed by atoms with Gasteiger partial charge >= 0.3 is 0 Å². The fourth-order valence-corrected chi connectivity index (χ4v) is 5.85. The third-order valence-corrected chi connectivity index (χ3v) is 8.65. The first-order valence-electron chi connectivity index (χ1n) is 13.9. The average Bonchev–Trinajstić information content (AvgIpc) is 3.06. The van der Waals surface area contributed by atoms with E-state index in [0.29, 0.717) is 27.5 Å². The molecule has 5 aromatic rings. The smallest absolute Gasteiger partial charge is 0.272 e. The lowest BCUT2D eigenvalue weighted by Gasteiger charge is -2.18. The molecular weight excluding hydrogens is 670 g/mol. The van der Waals surface area contributed by atoms with Crippen molar-refractivity contribution in [3.8, 4) is 0 Å². The molecule has 3 amide bonds. The number of anilines is 2. The largest absolute Gasteiger partial charge is 0.325 e. The van der Waals surface area contributed by atoms with Gasteiger partial charge in [0.2, 0.25) is 5.91 Å². The molecule has 0 aliphatic heterocycles. The molecule has 9 heteroatoms. The Labute approximate surface area is 279 Å². The highest BCUT2D eigenvalue weighted by Crippen LogP contribution is 2.37. The highest BCUT2D eigenvalue weighted by Gasteiger charge is 2.23. The molecule has 6 nitrogen and oxygen atoms in total. The molecule has 45 heavy (non-hydrogen) atoms. The summed E-state index contributed by atoms with van der Waals surface area (Å²) in [5, 5.41) is 8.48. The standard InChI is InChI=1S/C36H27BrClN3O3S/c37-27-18-20-28(21-19-27)39-36(44)33(24-10-3-1-4-11-24)45-30-16-9-15-29(23-30)40-35(43)32(22-26-14-7-8-17-31(26)38)41-34(42)25-12-5-2-6-13-25/h1-23,33H,(H,39,44)(H,40,43)(H,41,42)/b32-22+. The first-order chi connectivity index (χ1) is 21.9. The minimum atomic E-state index is -0.568. The Bertz CT molecular complexity index is 1830. The Morgan fingerprint density at radius 1 is 0.711 bits per heavy atom. The quantitative estimate of drug-likeness (QED) is 0.101. The molecule has 224 valence electrons. The number of halogens is 2. The van der Waals surface area contributed by atoms with E-state index in [0.717, 1.165) is 14.9 Å². The van der Waals surface area contributed by atoms with Crippen molar-refractivity contribution in [3.05, 3.63) is 165 Å². The first kappa shape index (κ1) is 31.8. The van der Waals surface area contributed by atoms with Gasteiger partial charge in [-0.2, -0.15) is 0 Å². The molecule has 0 radical (unpaired) electrons. The molecule has 0 heterocycles. The van der Waals surface area contributed by atoms with Crippen LogP contribution in [0.4, 0.5) is 11.4 Å². The summed E-state index contributed by atoms with van der Waals surface area (Å²) >= 11 is 11.1. The molecule has 1 unspecified atom stereocenters. The molecule has 0 saturated heterocycles. The zero-order chi connectivity index (χ0) is 31.6. The van der Waals surface area contributed by atoms with Crippen LogP contribution >= 0.6 is 39.3 Å². The van der Waals surface area contributed by atoms with Gasteiger partial charge in [-0.15, -0.1) is 11.8 Å². The molecule has 0 aliphatic carbocycles. The van der Waals surface area contributed by atoms with Gasteiger partial charge in [0.1, 0.15) is 10.9 Å². The molecule has 0 saturated carbocycles. The van der Waals surface area contributed by atoms with Crippen LogP contribution < -0.4 is 16.0 Å². The van der Waals surface area contributed by atoms with Crippen molar-refractivity contribution in [2.45, 2.75) is 10.1 Å². The monoisotopic (exact) mass is 695 g/mol. The van der Waals surface area contributed by atoms with Gasteiger partial charge in [0.05, 0.1) is 0 Å². The lowest BCUT2D eigenvalue weighted by molar-refractivity contribution is -0.116. The lowest BCUT2D eigenvalue weighted by atomic mass is 10.1. The summed E-state index contributed by atoms with van der Waals surface area (Å²) in [6.07, 6.45) is 1.54. The minimum absolute atomic E-state index is 0.0195. The predicted molar refractivity (Wildman–Crippen MR) is 186 cm³/mol. The Morgan fingerprint density at radius 3 is 2.09 bits per heavy atom. The number of carbonyl (C=O) groups is 3. The fraction of sp³-hybridized carbons (Fsp3) is 0.0278. The van der Waals surface area contributed by atoms with Gasteiger partial charge in [-0.05, 0) is 77.9 Å². The van der Waals surface area contributed by atoms with Crippen LogP contribution in [0.3, 0.4) is 0 Å². The van der Waals surface area contributed by atoms with Crippen LogP contribution in [0, 0.1) is 0 Å². The third-order valence-electron chi connectivity index (χ3n) is 6.53. The maximum absolute atomic E-state index is 13.6. The molecule has 5 aromatic carbocycles. The van der Waals surface area contributed by atoms with Crippen molar-refractivity contribution in [1.82, 2.24) is 5.32 Å². The first-order valence-corrected chi connectivity index (χ1v) is 15.9. The summed E-state index contributed by atoms with van der Waals surface area (Å²) in [5.41, 5.74) is 3.00. The van der Waals surface area contributed by atoms with E-state index in [1.54, 1.807) is 66.7 Å². The Hall–Kier alpha value is -4.63. The molecule has 3 N–H and O–H groups in total. The highest BCUT2D eigenvalue weighted by molar-refractivity contribution is 9.10. The van der Waals surface area contributed by atoms with E-state index >= 15 is 0 Å². The fourth-order valence-electron chi connectivity index (χ4n) is 4.31. The van der Waals surface area contributed by atoms with Gasteiger partial charge < -0.3 is 16.0 Å². The van der Waals surface area contributed by atoms with Crippen LogP contribution in [0.25, 0.3) is 6.08 Å². The summed E-state index contributed by atoms with van der Waals surface area (Å²) in [6.45, 7) is 0. The maximum Gasteiger partial charge on any atom is 0.272 e. The van der Waals surface area contributed by atoms with E-state index in [1.165, 1.54) is 17.8 Å². The number of amides is 3. The summed E-state index contributed by atoms with van der Waals surface area (Å²) in [5.74, 6) is -1.15. The van der Waals surface area contributed by atoms with E-state index in [2.05, 4.69) is 31.9 Å². The van der Waals surface area contributed by atoms with Crippen LogP contribution in [0.2, 0.25) is 5.02 Å². The van der Waals surface area contributed by atoms with Crippen molar-refractivity contribution < 1.29 is 14.4 Å². The molecular formula is C36H27BrClN3O3S. The topological polar surface area (TPSA) is 87.3 Å². The average molecular weight is 697 g/mol. The van der Waals surface area contributed by atoms with Crippen molar-refractivity contribution in [3.63, 3.8) is 0 Å². The van der Waals surface area contributed by atoms with Gasteiger partial charge in [0.15, 0.2) is 0 Å². The van der Waals surface area contributed by atoms with E-state index < -0.39 is 17.1 Å². The van der Waals surface area contributed by atoms with Crippen LogP contribution in [0.1, 0.15) is 26.7 Å². The van der Waals surface area contributed by atoms with Crippen LogP contribution in [0.15, 0.2) is 149 Å². The number of hydrogen-bond donors (Lipinski definition) is 3. The summed E-state index contributed by atoms with van der Waals surface area (Å²) in [7, 11) is 0. The van der Waals surface area contributed by atoms with Gasteiger partial charge in [0.25, 0.3) is 11.8 Å². The zero-order valence-corrected chi connectivity index (χ0v) is 26.9. The molecule has 0 aromatic heterocycles. The lowest BCUT2D eigenvalue weighted by Crippen LogP contribution is -2.30. The molecule has 0 spiro atoms. The molecule has 0 bridgehead atoms. The number of thioether (sulfide) groups is 1. The highest BCUT2D eigenvalue weighted by atomic mass is 79.9. The van der Waals surface area contributed by atoms with Crippen LogP contribution in [-0.2, 0) is 9.59 Å². The number of hydrogen-bond acceptors (Lipinski definition) is 4. The minimum Gasteiger partial charge on any atom is -0.325 e. The summed E-state index contributed by atoms with van der Waals surface area (Å²) in [6, 6.07) is 39.8. The van der Waals surface area contributed by atoms with Crippen molar-refractivity contribution >= 4 is 74.5 Å². The number of nitrogens with one attached hydrogen (secondary N) is 3. The normalized spacial score (nSPS) is 11.7. The van der Waals surface area contributed by atoms with E-state index in [-0.39, 0.29) is 11.6 Å². The Kier molecular flexibility index (Phi) is 10.9. The molecule has 0 fully saturated rings. The maximum atomic E-state index is 13.6. The Balaban J connectivity index is 1.38. The second kappa shape index (κ2) is 15.4. The number of carbonyl (C=O) groups excluding carboxylic acids is 3. The molecule has 5 rings (SSSR count). The number of rotatable bonds is 10. The van der Waals surface area contributed by atoms with E-state index in [4.69, 9.17) is 11.6 Å². The summed E-state index contributed by atoms with van der Waals surface area (Å²) < 4.78 is 0.915. The second-order valence-corrected chi connectivity index (χ2v) is 12.3. The third kappa shape index (κ3) is 8.95. The summed E-state index contributed by atoms with van der Waals surface area (Å²) in [4.78, 5) is 40.8. The van der Waals surface area contributed by atoms with E-state index in [1.807, 2.05) is 66.7 Å². The van der Waals surface area contributed by atoms with Gasteiger partial charge in [0, 0.05) is 31.3 Å². The van der Waals surface area contributed by atoms with Crippen LogP contribution in [0.5, 0.6) is 0 Å². The Morgan fingerprint density at radius 2 is 1.38 bits per heavy atom. The molecule has 0 aliphatic rings. The molecule has 1 atom stereocenters. The zero-order valence-electron chi connectivity index (χ0n) is 23.7. The van der Waals surface area contributed by atoms with Crippen molar-refractivity contribution in [2.75, 3.05) is 10.6 Å². The SMILES string of the molecule is O=C(Nc1cccc(SC(C(=O)Nc2ccc(Br)cc2)c2ccccc2)c1)/C(=C\c1ccccc1Cl)NC(=O)c1ccccc1. The van der Waals surface area contributed by atoms with Crippen molar-refractivity contribution in [2.24, 2.45) is 0 Å². The van der Waals surface area contributed by atoms with Gasteiger partial charge in [-0.3, -0.25) is 14.4 Å². The van der Waals surface area contributed by atoms with E-state index in [9.17, 15) is 14.4 Å². The van der Waals surface area contributed by atoms with Crippen molar-refractivity contribution in [1.29, 1.82) is 0 Å². The van der Waals surface area contributed by atoms with Gasteiger partial charge in [-0.25, -0.2) is 0 Å². The predicted octanol–water partition coefficient (Wildman–Crippen LogP) is 8.98. The number of benzene rings is 5. The van der Waals surface area contributed by atoms with Gasteiger partial charge in [-0.1, -0.05) is 100 Å².